The topological polar surface area (TPSA) is 82.8 Å². The van der Waals surface area contributed by atoms with Crippen LogP contribution in [0.15, 0.2) is 53.3 Å². The van der Waals surface area contributed by atoms with Crippen LogP contribution in [0, 0.1) is 19.7 Å². The molecule has 3 heterocycles. The molecular weight excluding hydrogens is 455 g/mol. The molecule has 1 saturated heterocycles. The van der Waals surface area contributed by atoms with Crippen LogP contribution in [-0.2, 0) is 0 Å². The molecule has 0 atom stereocenters. The largest absolute Gasteiger partial charge is 0.353 e. The fraction of sp³-hybridized carbons (Fsp3) is 0.250. The van der Waals surface area contributed by atoms with E-state index in [1.54, 1.807) is 24.0 Å². The first-order valence-electron chi connectivity index (χ1n) is 10.9. The number of halogens is 1. The van der Waals surface area contributed by atoms with Crippen LogP contribution in [0.25, 0.3) is 15.5 Å². The van der Waals surface area contributed by atoms with Gasteiger partial charge in [-0.1, -0.05) is 41.7 Å². The highest BCUT2D eigenvalue weighted by molar-refractivity contribution is 7.19. The van der Waals surface area contributed by atoms with Crippen molar-refractivity contribution in [3.63, 3.8) is 0 Å². The lowest BCUT2D eigenvalue weighted by Gasteiger charge is -2.35. The number of rotatable bonds is 3. The SMILES string of the molecule is Cc1ccc(NC(=O)N2CCN(c3cc(=O)n4nc(-c5ccccc5C)sc4n3)CC2)cc1F. The van der Waals surface area contributed by atoms with Crippen LogP contribution in [0.5, 0.6) is 0 Å². The number of carbonyl (C=O) groups is 1. The van der Waals surface area contributed by atoms with Crippen molar-refractivity contribution in [2.45, 2.75) is 13.8 Å². The maximum absolute atomic E-state index is 13.8. The van der Waals surface area contributed by atoms with E-state index in [9.17, 15) is 14.0 Å². The second-order valence-corrected chi connectivity index (χ2v) is 9.19. The number of nitrogens with one attached hydrogen (secondary N) is 1. The van der Waals surface area contributed by atoms with Crippen molar-refractivity contribution >= 4 is 33.8 Å². The first-order valence-corrected chi connectivity index (χ1v) is 11.7. The summed E-state index contributed by atoms with van der Waals surface area (Å²) in [7, 11) is 0. The van der Waals surface area contributed by atoms with Gasteiger partial charge in [0.15, 0.2) is 0 Å². The summed E-state index contributed by atoms with van der Waals surface area (Å²) in [5, 5.41) is 7.96. The summed E-state index contributed by atoms with van der Waals surface area (Å²) in [5.74, 6) is 0.217. The minimum absolute atomic E-state index is 0.238. The fourth-order valence-electron chi connectivity index (χ4n) is 3.89. The van der Waals surface area contributed by atoms with Crippen LogP contribution >= 0.6 is 11.3 Å². The molecule has 0 radical (unpaired) electrons. The monoisotopic (exact) mass is 478 g/mol. The summed E-state index contributed by atoms with van der Waals surface area (Å²) < 4.78 is 15.1. The number of hydrogen-bond donors (Lipinski definition) is 1. The Labute approximate surface area is 199 Å². The summed E-state index contributed by atoms with van der Waals surface area (Å²) in [6.07, 6.45) is 0. The van der Waals surface area contributed by atoms with Gasteiger partial charge in [-0.2, -0.15) is 9.61 Å². The zero-order chi connectivity index (χ0) is 23.8. The van der Waals surface area contributed by atoms with Crippen LogP contribution < -0.4 is 15.8 Å². The van der Waals surface area contributed by atoms with Gasteiger partial charge in [0.25, 0.3) is 5.56 Å². The molecule has 0 aliphatic carbocycles. The molecule has 1 aliphatic heterocycles. The minimum Gasteiger partial charge on any atom is -0.353 e. The Morgan fingerprint density at radius 2 is 1.79 bits per heavy atom. The Hall–Kier alpha value is -3.79. The lowest BCUT2D eigenvalue weighted by Crippen LogP contribution is -2.50. The highest BCUT2D eigenvalue weighted by Crippen LogP contribution is 2.28. The van der Waals surface area contributed by atoms with E-state index in [-0.39, 0.29) is 17.4 Å². The summed E-state index contributed by atoms with van der Waals surface area (Å²) in [4.78, 5) is 34.2. The second-order valence-electron chi connectivity index (χ2n) is 8.24. The van der Waals surface area contributed by atoms with E-state index >= 15 is 0 Å². The number of carbonyl (C=O) groups excluding carboxylic acids is 1. The summed E-state index contributed by atoms with van der Waals surface area (Å²) in [5.41, 5.74) is 2.77. The van der Waals surface area contributed by atoms with Crippen molar-refractivity contribution in [2.75, 3.05) is 36.4 Å². The Kier molecular flexibility index (Phi) is 5.74. The number of nitrogens with zero attached hydrogens (tertiary/aromatic N) is 5. The molecule has 2 amide bonds. The summed E-state index contributed by atoms with van der Waals surface area (Å²) in [6.45, 7) is 5.65. The zero-order valence-corrected chi connectivity index (χ0v) is 19.6. The fourth-order valence-corrected chi connectivity index (χ4v) is 4.89. The number of anilines is 2. The Morgan fingerprint density at radius 3 is 2.53 bits per heavy atom. The number of amides is 2. The van der Waals surface area contributed by atoms with Crippen molar-refractivity contribution in [3.05, 3.63) is 75.8 Å². The first-order chi connectivity index (χ1) is 16.4. The molecule has 0 unspecified atom stereocenters. The molecule has 4 aromatic rings. The minimum atomic E-state index is -0.357. The van der Waals surface area contributed by atoms with E-state index in [1.807, 2.05) is 36.1 Å². The van der Waals surface area contributed by atoms with Crippen molar-refractivity contribution in [1.29, 1.82) is 0 Å². The first kappa shape index (κ1) is 22.0. The van der Waals surface area contributed by atoms with Crippen molar-refractivity contribution in [3.8, 4) is 10.6 Å². The third kappa shape index (κ3) is 4.24. The normalized spacial score (nSPS) is 14.0. The second kappa shape index (κ2) is 8.86. The van der Waals surface area contributed by atoms with Gasteiger partial charge in [-0.15, -0.1) is 0 Å². The lowest BCUT2D eigenvalue weighted by atomic mass is 10.1. The van der Waals surface area contributed by atoms with Gasteiger partial charge in [0.1, 0.15) is 16.6 Å². The lowest BCUT2D eigenvalue weighted by molar-refractivity contribution is 0.208. The molecule has 1 N–H and O–H groups in total. The van der Waals surface area contributed by atoms with Gasteiger partial charge in [0.05, 0.1) is 0 Å². The van der Waals surface area contributed by atoms with Crippen LogP contribution in [0.1, 0.15) is 11.1 Å². The molecule has 1 fully saturated rings. The Balaban J connectivity index is 1.29. The maximum atomic E-state index is 13.8. The molecule has 1 aliphatic rings. The number of urea groups is 1. The smallest absolute Gasteiger partial charge is 0.321 e. The Bertz CT molecular complexity index is 1440. The van der Waals surface area contributed by atoms with Gasteiger partial charge < -0.3 is 15.1 Å². The van der Waals surface area contributed by atoms with Gasteiger partial charge in [-0.3, -0.25) is 4.79 Å². The van der Waals surface area contributed by atoms with Gasteiger partial charge in [-0.05, 0) is 37.1 Å². The van der Waals surface area contributed by atoms with E-state index < -0.39 is 0 Å². The van der Waals surface area contributed by atoms with Crippen LogP contribution in [0.4, 0.5) is 20.7 Å². The molecule has 2 aromatic carbocycles. The predicted octanol–water partition coefficient (Wildman–Crippen LogP) is 3.93. The average molecular weight is 479 g/mol. The third-order valence-corrected chi connectivity index (χ3v) is 6.86. The van der Waals surface area contributed by atoms with Crippen molar-refractivity contribution < 1.29 is 9.18 Å². The van der Waals surface area contributed by atoms with Crippen LogP contribution in [-0.4, -0.2) is 51.7 Å². The number of aryl methyl sites for hydroxylation is 2. The Morgan fingerprint density at radius 1 is 1.03 bits per heavy atom. The molecule has 2 aromatic heterocycles. The molecule has 8 nitrogen and oxygen atoms in total. The van der Waals surface area contributed by atoms with Crippen molar-refractivity contribution in [1.82, 2.24) is 19.5 Å². The van der Waals surface area contributed by atoms with Crippen molar-refractivity contribution in [2.24, 2.45) is 0 Å². The van der Waals surface area contributed by atoms with E-state index in [4.69, 9.17) is 0 Å². The predicted molar refractivity (Wildman–Crippen MR) is 131 cm³/mol. The van der Waals surface area contributed by atoms with E-state index in [0.29, 0.717) is 48.2 Å². The summed E-state index contributed by atoms with van der Waals surface area (Å²) in [6, 6.07) is 13.7. The van der Waals surface area contributed by atoms with E-state index in [1.165, 1.54) is 28.0 Å². The summed E-state index contributed by atoms with van der Waals surface area (Å²) >= 11 is 1.37. The maximum Gasteiger partial charge on any atom is 0.321 e. The molecule has 5 rings (SSSR count). The van der Waals surface area contributed by atoms with E-state index in [2.05, 4.69) is 15.4 Å². The molecule has 0 spiro atoms. The van der Waals surface area contributed by atoms with E-state index in [0.717, 1.165) is 16.1 Å². The zero-order valence-electron chi connectivity index (χ0n) is 18.8. The van der Waals surface area contributed by atoms with Gasteiger partial charge in [-0.25, -0.2) is 14.2 Å². The molecule has 10 heteroatoms. The highest BCUT2D eigenvalue weighted by Gasteiger charge is 2.23. The highest BCUT2D eigenvalue weighted by atomic mass is 32.1. The van der Waals surface area contributed by atoms with Gasteiger partial charge >= 0.3 is 6.03 Å². The van der Waals surface area contributed by atoms with Crippen LogP contribution in [0.3, 0.4) is 0 Å². The van der Waals surface area contributed by atoms with Crippen LogP contribution in [0.2, 0.25) is 0 Å². The number of aromatic nitrogens is 3. The molecule has 174 valence electrons. The quantitative estimate of drug-likeness (QED) is 0.483. The number of fused-ring (bicyclic) bond motifs is 1. The number of piperazine rings is 1. The number of hydrogen-bond acceptors (Lipinski definition) is 6. The number of benzene rings is 2. The molecular formula is C24H23FN6O2S. The molecule has 34 heavy (non-hydrogen) atoms. The molecule has 0 bridgehead atoms. The third-order valence-electron chi connectivity index (χ3n) is 5.92. The average Bonchev–Trinajstić information content (AvgIpc) is 3.26. The van der Waals surface area contributed by atoms with Gasteiger partial charge in [0.2, 0.25) is 4.96 Å². The van der Waals surface area contributed by atoms with Gasteiger partial charge in [0, 0.05) is 43.5 Å². The molecule has 0 saturated carbocycles. The standard InChI is InChI=1S/C24H23FN6O2S/c1-15-5-3-4-6-18(15)22-28-31-21(32)14-20(27-24(31)34-22)29-9-11-30(12-10-29)23(33)26-17-8-7-16(2)19(25)13-17/h3-8,13-14H,9-12H2,1-2H3,(H,26,33).